The highest BCUT2D eigenvalue weighted by Gasteiger charge is 2.10. The highest BCUT2D eigenvalue weighted by Crippen LogP contribution is 2.16. The van der Waals surface area contributed by atoms with Crippen molar-refractivity contribution in [3.05, 3.63) is 24.3 Å². The van der Waals surface area contributed by atoms with Crippen molar-refractivity contribution in [1.29, 1.82) is 0 Å². The Morgan fingerprint density at radius 3 is 2.41 bits per heavy atom. The number of allylic oxidation sites excluding steroid dienone is 1. The van der Waals surface area contributed by atoms with Crippen LogP contribution in [-0.2, 0) is 4.74 Å². The minimum Gasteiger partial charge on any atom is -0.374 e. The molecule has 1 unspecified atom stereocenters. The summed E-state index contributed by atoms with van der Waals surface area (Å²) >= 11 is 0. The lowest BCUT2D eigenvalue weighted by Crippen LogP contribution is -2.19. The lowest BCUT2D eigenvalue weighted by Gasteiger charge is -2.19. The average molecular weight is 239 g/mol. The van der Waals surface area contributed by atoms with Crippen molar-refractivity contribution in [2.45, 2.75) is 45.6 Å². The molecule has 100 valence electrons. The van der Waals surface area contributed by atoms with E-state index >= 15 is 0 Å². The maximum absolute atomic E-state index is 5.88. The number of hydrogen-bond donors (Lipinski definition) is 0. The van der Waals surface area contributed by atoms with Crippen LogP contribution in [0.5, 0.6) is 0 Å². The lowest BCUT2D eigenvalue weighted by atomic mass is 10.0. The van der Waals surface area contributed by atoms with Gasteiger partial charge in [0.25, 0.3) is 0 Å². The van der Waals surface area contributed by atoms with Crippen molar-refractivity contribution < 1.29 is 4.74 Å². The molecule has 0 radical (unpaired) electrons. The lowest BCUT2D eigenvalue weighted by molar-refractivity contribution is 0.0670. The molecule has 0 heterocycles. The fourth-order valence-corrected chi connectivity index (χ4v) is 1.59. The predicted molar refractivity (Wildman–Crippen MR) is 76.4 cm³/mol. The summed E-state index contributed by atoms with van der Waals surface area (Å²) in [6.07, 6.45) is 4.39. The summed E-state index contributed by atoms with van der Waals surface area (Å²) in [5.41, 5.74) is 2.42. The Balaban J connectivity index is 3.83. The van der Waals surface area contributed by atoms with E-state index in [2.05, 4.69) is 39.1 Å². The first kappa shape index (κ1) is 16.4. The van der Waals surface area contributed by atoms with Crippen LogP contribution in [0.1, 0.15) is 39.5 Å². The Bertz CT molecular complexity index is 233. The summed E-state index contributed by atoms with van der Waals surface area (Å²) < 4.78 is 5.88. The number of nitrogens with zero attached hydrogens (tertiary/aromatic N) is 1. The largest absolute Gasteiger partial charge is 0.374 e. The Morgan fingerprint density at radius 1 is 1.29 bits per heavy atom. The van der Waals surface area contributed by atoms with E-state index in [0.717, 1.165) is 44.4 Å². The first-order valence-electron chi connectivity index (χ1n) is 6.55. The van der Waals surface area contributed by atoms with Crippen LogP contribution >= 0.6 is 0 Å². The van der Waals surface area contributed by atoms with E-state index in [1.807, 2.05) is 6.92 Å². The van der Waals surface area contributed by atoms with Gasteiger partial charge in [0, 0.05) is 6.61 Å². The van der Waals surface area contributed by atoms with E-state index < -0.39 is 0 Å². The summed E-state index contributed by atoms with van der Waals surface area (Å²) in [4.78, 5) is 2.18. The van der Waals surface area contributed by atoms with E-state index in [4.69, 9.17) is 4.74 Å². The van der Waals surface area contributed by atoms with E-state index in [9.17, 15) is 0 Å². The standard InChI is InChI=1S/C15H29NO/c1-7-14(4)9-10-15(13(2)3)17-12-8-11-16(5)6/h15H,2,4,7-12H2,1,3,5-6H3. The molecule has 0 fully saturated rings. The minimum absolute atomic E-state index is 0.195. The third kappa shape index (κ3) is 9.13. The van der Waals surface area contributed by atoms with Gasteiger partial charge >= 0.3 is 0 Å². The normalized spacial score (nSPS) is 12.8. The molecule has 1 atom stereocenters. The van der Waals surface area contributed by atoms with Crippen molar-refractivity contribution >= 4 is 0 Å². The summed E-state index contributed by atoms with van der Waals surface area (Å²) in [5.74, 6) is 0. The first-order chi connectivity index (χ1) is 7.97. The molecule has 0 rings (SSSR count). The quantitative estimate of drug-likeness (QED) is 0.426. The molecule has 0 saturated carbocycles. The smallest absolute Gasteiger partial charge is 0.0782 e. The van der Waals surface area contributed by atoms with Crippen LogP contribution < -0.4 is 0 Å². The van der Waals surface area contributed by atoms with Gasteiger partial charge in [0.1, 0.15) is 0 Å². The molecule has 0 bridgehead atoms. The monoisotopic (exact) mass is 239 g/mol. The highest BCUT2D eigenvalue weighted by atomic mass is 16.5. The molecule has 0 spiro atoms. The van der Waals surface area contributed by atoms with E-state index in [1.165, 1.54) is 5.57 Å². The maximum Gasteiger partial charge on any atom is 0.0782 e. The Morgan fingerprint density at radius 2 is 1.94 bits per heavy atom. The van der Waals surface area contributed by atoms with E-state index in [0.29, 0.717) is 0 Å². The zero-order valence-corrected chi connectivity index (χ0v) is 12.1. The molecule has 0 amide bonds. The van der Waals surface area contributed by atoms with Crippen molar-refractivity contribution in [2.24, 2.45) is 0 Å². The molecule has 0 saturated heterocycles. The zero-order valence-electron chi connectivity index (χ0n) is 12.1. The predicted octanol–water partition coefficient (Wildman–Crippen LogP) is 3.65. The molecular formula is C15H29NO. The van der Waals surface area contributed by atoms with Gasteiger partial charge in [-0.2, -0.15) is 0 Å². The van der Waals surface area contributed by atoms with Crippen LogP contribution in [0.2, 0.25) is 0 Å². The molecule has 0 aliphatic heterocycles. The van der Waals surface area contributed by atoms with Crippen molar-refractivity contribution in [2.75, 3.05) is 27.2 Å². The highest BCUT2D eigenvalue weighted by molar-refractivity contribution is 5.01. The van der Waals surface area contributed by atoms with Gasteiger partial charge in [-0.15, -0.1) is 0 Å². The van der Waals surface area contributed by atoms with Gasteiger partial charge in [-0.25, -0.2) is 0 Å². The number of ether oxygens (including phenoxy) is 1. The van der Waals surface area contributed by atoms with Gasteiger partial charge in [-0.3, -0.25) is 0 Å². The van der Waals surface area contributed by atoms with Gasteiger partial charge < -0.3 is 9.64 Å². The molecule has 0 aromatic rings. The summed E-state index contributed by atoms with van der Waals surface area (Å²) in [6, 6.07) is 0. The molecule has 0 aliphatic rings. The van der Waals surface area contributed by atoms with Gasteiger partial charge in [0.15, 0.2) is 0 Å². The number of hydrogen-bond acceptors (Lipinski definition) is 2. The Hall–Kier alpha value is -0.600. The van der Waals surface area contributed by atoms with Crippen LogP contribution in [0.3, 0.4) is 0 Å². The summed E-state index contributed by atoms with van der Waals surface area (Å²) in [6.45, 7) is 14.1. The fraction of sp³-hybridized carbons (Fsp3) is 0.733. The van der Waals surface area contributed by atoms with Crippen molar-refractivity contribution in [1.82, 2.24) is 4.90 Å². The van der Waals surface area contributed by atoms with Gasteiger partial charge in [-0.1, -0.05) is 31.2 Å². The molecule has 0 aliphatic carbocycles. The number of rotatable bonds is 10. The minimum atomic E-state index is 0.195. The second kappa shape index (κ2) is 9.43. The topological polar surface area (TPSA) is 12.5 Å². The molecule has 2 nitrogen and oxygen atoms in total. The third-order valence-electron chi connectivity index (χ3n) is 2.88. The second-order valence-electron chi connectivity index (χ2n) is 5.00. The maximum atomic E-state index is 5.88. The van der Waals surface area contributed by atoms with Gasteiger partial charge in [-0.05, 0) is 53.2 Å². The third-order valence-corrected chi connectivity index (χ3v) is 2.88. The molecule has 0 aromatic heterocycles. The molecule has 2 heteroatoms. The van der Waals surface area contributed by atoms with Crippen molar-refractivity contribution in [3.8, 4) is 0 Å². The van der Waals surface area contributed by atoms with Crippen LogP contribution in [0.15, 0.2) is 24.3 Å². The van der Waals surface area contributed by atoms with E-state index in [-0.39, 0.29) is 6.10 Å². The summed E-state index contributed by atoms with van der Waals surface area (Å²) in [5, 5.41) is 0. The second-order valence-corrected chi connectivity index (χ2v) is 5.00. The van der Waals surface area contributed by atoms with Crippen LogP contribution in [0.25, 0.3) is 0 Å². The SMILES string of the molecule is C=C(CC)CCC(OCCCN(C)C)C(=C)C. The molecule has 0 aromatic carbocycles. The van der Waals surface area contributed by atoms with Crippen LogP contribution in [0.4, 0.5) is 0 Å². The zero-order chi connectivity index (χ0) is 13.3. The average Bonchev–Trinajstić information content (AvgIpc) is 2.26. The molecular weight excluding hydrogens is 210 g/mol. The Labute approximate surface area is 107 Å². The van der Waals surface area contributed by atoms with E-state index in [1.54, 1.807) is 0 Å². The summed E-state index contributed by atoms with van der Waals surface area (Å²) in [7, 11) is 4.17. The first-order valence-corrected chi connectivity index (χ1v) is 6.55. The van der Waals surface area contributed by atoms with Crippen molar-refractivity contribution in [3.63, 3.8) is 0 Å². The molecule has 17 heavy (non-hydrogen) atoms. The van der Waals surface area contributed by atoms with Gasteiger partial charge in [0.05, 0.1) is 6.10 Å². The fourth-order valence-electron chi connectivity index (χ4n) is 1.59. The van der Waals surface area contributed by atoms with Gasteiger partial charge in [0.2, 0.25) is 0 Å². The van der Waals surface area contributed by atoms with Crippen LogP contribution in [0, 0.1) is 0 Å². The Kier molecular flexibility index (Phi) is 9.10. The van der Waals surface area contributed by atoms with Crippen LogP contribution in [-0.4, -0.2) is 38.3 Å². The molecule has 0 N–H and O–H groups in total.